The Labute approximate surface area is 164 Å². The van der Waals surface area contributed by atoms with E-state index >= 15 is 0 Å². The van der Waals surface area contributed by atoms with E-state index in [-0.39, 0.29) is 0 Å². The fourth-order valence-corrected chi connectivity index (χ4v) is 3.16. The van der Waals surface area contributed by atoms with Crippen LogP contribution in [0.25, 0.3) is 11.1 Å². The van der Waals surface area contributed by atoms with Crippen molar-refractivity contribution in [2.75, 3.05) is 10.6 Å². The van der Waals surface area contributed by atoms with Gasteiger partial charge in [0.05, 0.1) is 16.4 Å². The van der Waals surface area contributed by atoms with Crippen molar-refractivity contribution >= 4 is 34.4 Å². The molecule has 0 fully saturated rings. The molecular weight excluding hydrogens is 352 g/mol. The number of para-hydroxylation sites is 2. The van der Waals surface area contributed by atoms with Crippen LogP contribution in [0.1, 0.15) is 0 Å². The Balaban J connectivity index is 1.78. The Kier molecular flexibility index (Phi) is 5.08. The van der Waals surface area contributed by atoms with Gasteiger partial charge in [-0.3, -0.25) is 0 Å². The largest absolute Gasteiger partial charge is 0.354 e. The third-order valence-corrected chi connectivity index (χ3v) is 4.69. The number of halogens is 1. The molecule has 0 atom stereocenters. The maximum absolute atomic E-state index is 6.74. The van der Waals surface area contributed by atoms with Gasteiger partial charge in [0, 0.05) is 11.4 Å². The highest BCUT2D eigenvalue weighted by molar-refractivity contribution is 6.36. The lowest BCUT2D eigenvalue weighted by molar-refractivity contribution is 1.50. The smallest absolute Gasteiger partial charge is 0.0876 e. The highest BCUT2D eigenvalue weighted by atomic mass is 35.5. The molecule has 2 nitrogen and oxygen atoms in total. The molecule has 132 valence electrons. The minimum Gasteiger partial charge on any atom is -0.354 e. The van der Waals surface area contributed by atoms with Gasteiger partial charge in [-0.15, -0.1) is 0 Å². The lowest BCUT2D eigenvalue weighted by Gasteiger charge is -2.16. The van der Waals surface area contributed by atoms with Crippen molar-refractivity contribution < 1.29 is 0 Å². The van der Waals surface area contributed by atoms with E-state index in [2.05, 4.69) is 34.9 Å². The summed E-state index contributed by atoms with van der Waals surface area (Å²) >= 11 is 6.74. The van der Waals surface area contributed by atoms with Crippen LogP contribution in [-0.2, 0) is 0 Å². The SMILES string of the molecule is Clc1c(Nc2ccccc2)cc(-c2ccccc2)cc1Nc1ccccc1. The molecule has 0 heterocycles. The van der Waals surface area contributed by atoms with Gasteiger partial charge in [0.2, 0.25) is 0 Å². The molecule has 0 amide bonds. The van der Waals surface area contributed by atoms with E-state index in [1.807, 2.05) is 78.9 Å². The summed E-state index contributed by atoms with van der Waals surface area (Å²) in [6, 6.07) is 34.6. The van der Waals surface area contributed by atoms with E-state index in [0.29, 0.717) is 5.02 Å². The van der Waals surface area contributed by atoms with E-state index in [4.69, 9.17) is 11.6 Å². The van der Waals surface area contributed by atoms with Crippen molar-refractivity contribution in [3.63, 3.8) is 0 Å². The van der Waals surface area contributed by atoms with Crippen LogP contribution in [0.2, 0.25) is 5.02 Å². The van der Waals surface area contributed by atoms with Crippen molar-refractivity contribution in [3.05, 3.63) is 108 Å². The second-order valence-electron chi connectivity index (χ2n) is 6.23. The first kappa shape index (κ1) is 17.2. The topological polar surface area (TPSA) is 24.1 Å². The maximum atomic E-state index is 6.74. The van der Waals surface area contributed by atoms with Gasteiger partial charge < -0.3 is 10.6 Å². The van der Waals surface area contributed by atoms with Crippen LogP contribution in [-0.4, -0.2) is 0 Å². The van der Waals surface area contributed by atoms with Gasteiger partial charge in [-0.1, -0.05) is 78.3 Å². The Bertz CT molecular complexity index is 953. The van der Waals surface area contributed by atoms with Crippen LogP contribution in [0.3, 0.4) is 0 Å². The normalized spacial score (nSPS) is 10.4. The maximum Gasteiger partial charge on any atom is 0.0876 e. The molecule has 0 spiro atoms. The zero-order chi connectivity index (χ0) is 18.5. The summed E-state index contributed by atoms with van der Waals surface area (Å²) in [6.07, 6.45) is 0. The molecule has 4 rings (SSSR count). The molecule has 0 saturated carbocycles. The third kappa shape index (κ3) is 4.13. The molecule has 0 aliphatic carbocycles. The van der Waals surface area contributed by atoms with Crippen molar-refractivity contribution in [1.82, 2.24) is 0 Å². The molecule has 2 N–H and O–H groups in total. The van der Waals surface area contributed by atoms with Gasteiger partial charge in [0.1, 0.15) is 0 Å². The van der Waals surface area contributed by atoms with Crippen LogP contribution in [0.4, 0.5) is 22.7 Å². The summed E-state index contributed by atoms with van der Waals surface area (Å²) in [5.74, 6) is 0. The predicted molar refractivity (Wildman–Crippen MR) is 116 cm³/mol. The van der Waals surface area contributed by atoms with Crippen molar-refractivity contribution in [1.29, 1.82) is 0 Å². The van der Waals surface area contributed by atoms with Gasteiger partial charge in [0.25, 0.3) is 0 Å². The fourth-order valence-electron chi connectivity index (χ4n) is 2.96. The lowest BCUT2D eigenvalue weighted by Crippen LogP contribution is -1.97. The number of rotatable bonds is 5. The summed E-state index contributed by atoms with van der Waals surface area (Å²) in [7, 11) is 0. The lowest BCUT2D eigenvalue weighted by atomic mass is 10.0. The first-order chi connectivity index (χ1) is 13.3. The molecule has 0 aromatic heterocycles. The number of benzene rings is 4. The van der Waals surface area contributed by atoms with Gasteiger partial charge in [0.15, 0.2) is 0 Å². The van der Waals surface area contributed by atoms with Gasteiger partial charge in [-0.05, 0) is 47.5 Å². The second-order valence-corrected chi connectivity index (χ2v) is 6.61. The van der Waals surface area contributed by atoms with E-state index in [1.54, 1.807) is 0 Å². The van der Waals surface area contributed by atoms with Crippen molar-refractivity contribution in [2.45, 2.75) is 0 Å². The number of hydrogen-bond donors (Lipinski definition) is 2. The average molecular weight is 371 g/mol. The van der Waals surface area contributed by atoms with Crippen molar-refractivity contribution in [3.8, 4) is 11.1 Å². The van der Waals surface area contributed by atoms with Crippen LogP contribution < -0.4 is 10.6 Å². The number of nitrogens with one attached hydrogen (secondary N) is 2. The third-order valence-electron chi connectivity index (χ3n) is 4.29. The molecule has 3 heteroatoms. The Morgan fingerprint density at radius 2 is 0.889 bits per heavy atom. The molecule has 0 aliphatic heterocycles. The van der Waals surface area contributed by atoms with Gasteiger partial charge in [-0.2, -0.15) is 0 Å². The highest BCUT2D eigenvalue weighted by Crippen LogP contribution is 2.38. The standard InChI is InChI=1S/C24H19ClN2/c25-24-22(26-20-12-6-2-7-13-20)16-19(18-10-4-1-5-11-18)17-23(24)27-21-14-8-3-9-15-21/h1-17,26-27H. The molecule has 0 unspecified atom stereocenters. The summed E-state index contributed by atoms with van der Waals surface area (Å²) in [4.78, 5) is 0. The Morgan fingerprint density at radius 1 is 0.481 bits per heavy atom. The predicted octanol–water partition coefficient (Wildman–Crippen LogP) is 7.49. The van der Waals surface area contributed by atoms with Crippen LogP contribution in [0, 0.1) is 0 Å². The van der Waals surface area contributed by atoms with Crippen LogP contribution >= 0.6 is 11.6 Å². The molecule has 0 aliphatic rings. The zero-order valence-corrected chi connectivity index (χ0v) is 15.4. The summed E-state index contributed by atoms with van der Waals surface area (Å²) < 4.78 is 0. The van der Waals surface area contributed by atoms with E-state index in [1.165, 1.54) is 0 Å². The molecule has 4 aromatic carbocycles. The second kappa shape index (κ2) is 7.98. The monoisotopic (exact) mass is 370 g/mol. The van der Waals surface area contributed by atoms with Gasteiger partial charge in [-0.25, -0.2) is 0 Å². The van der Waals surface area contributed by atoms with E-state index in [0.717, 1.165) is 33.9 Å². The minimum absolute atomic E-state index is 0.655. The van der Waals surface area contributed by atoms with Gasteiger partial charge >= 0.3 is 0 Å². The summed E-state index contributed by atoms with van der Waals surface area (Å²) in [5.41, 5.74) is 5.95. The number of hydrogen-bond acceptors (Lipinski definition) is 2. The average Bonchev–Trinajstić information content (AvgIpc) is 2.73. The molecular formula is C24H19ClN2. The van der Waals surface area contributed by atoms with Crippen molar-refractivity contribution in [2.24, 2.45) is 0 Å². The van der Waals surface area contributed by atoms with Crippen LogP contribution in [0.5, 0.6) is 0 Å². The molecule has 0 radical (unpaired) electrons. The van der Waals surface area contributed by atoms with Crippen LogP contribution in [0.15, 0.2) is 103 Å². The van der Waals surface area contributed by atoms with E-state index < -0.39 is 0 Å². The zero-order valence-electron chi connectivity index (χ0n) is 14.7. The quantitative estimate of drug-likeness (QED) is 0.380. The highest BCUT2D eigenvalue weighted by Gasteiger charge is 2.11. The summed E-state index contributed by atoms with van der Waals surface area (Å²) in [6.45, 7) is 0. The Morgan fingerprint density at radius 3 is 1.33 bits per heavy atom. The number of anilines is 4. The molecule has 27 heavy (non-hydrogen) atoms. The van der Waals surface area contributed by atoms with E-state index in [9.17, 15) is 0 Å². The minimum atomic E-state index is 0.655. The molecule has 0 saturated heterocycles. The Hall–Kier alpha value is -3.23. The summed E-state index contributed by atoms with van der Waals surface area (Å²) in [5, 5.41) is 7.53. The molecule has 4 aromatic rings. The fraction of sp³-hybridized carbons (Fsp3) is 0. The molecule has 0 bridgehead atoms. The first-order valence-corrected chi connectivity index (χ1v) is 9.20. The first-order valence-electron chi connectivity index (χ1n) is 8.83.